The van der Waals surface area contributed by atoms with Crippen LogP contribution in [0.1, 0.15) is 52.3 Å². The van der Waals surface area contributed by atoms with E-state index in [1.54, 1.807) is 17.7 Å². The number of aryl methyl sites for hydroxylation is 1. The summed E-state index contributed by atoms with van der Waals surface area (Å²) in [5.41, 5.74) is 0.948. The van der Waals surface area contributed by atoms with Crippen molar-refractivity contribution in [2.45, 2.75) is 39.2 Å². The minimum Gasteiger partial charge on any atom is -0.396 e. The summed E-state index contributed by atoms with van der Waals surface area (Å²) >= 11 is 3.18. The number of anilines is 1. The number of aliphatic hydroxyl groups is 1. The number of amides is 1. The van der Waals surface area contributed by atoms with Gasteiger partial charge >= 0.3 is 0 Å². The molecule has 1 unspecified atom stereocenters. The molecule has 3 aromatic heterocycles. The van der Waals surface area contributed by atoms with Crippen LogP contribution in [0.3, 0.4) is 0 Å². The molecule has 0 bridgehead atoms. The van der Waals surface area contributed by atoms with Crippen molar-refractivity contribution in [3.8, 4) is 0 Å². The maximum atomic E-state index is 13.2. The van der Waals surface area contributed by atoms with E-state index < -0.39 is 0 Å². The zero-order chi connectivity index (χ0) is 20.4. The van der Waals surface area contributed by atoms with Gasteiger partial charge in [-0.15, -0.1) is 22.7 Å². The lowest BCUT2D eigenvalue weighted by molar-refractivity contribution is 0.0655. The predicted octanol–water partition coefficient (Wildman–Crippen LogP) is 4.47. The number of aromatic nitrogens is 2. The van der Waals surface area contributed by atoms with Crippen molar-refractivity contribution in [3.05, 3.63) is 39.2 Å². The normalized spacial score (nSPS) is 16.3. The van der Waals surface area contributed by atoms with Crippen LogP contribution in [-0.2, 0) is 0 Å². The second-order valence-electron chi connectivity index (χ2n) is 7.50. The van der Waals surface area contributed by atoms with Crippen LogP contribution in [0.4, 0.5) is 5.82 Å². The Labute approximate surface area is 178 Å². The Kier molecular flexibility index (Phi) is 6.12. The number of hydrogen-bond donors (Lipinski definition) is 2. The highest BCUT2D eigenvalue weighted by molar-refractivity contribution is 7.20. The second kappa shape index (κ2) is 8.77. The summed E-state index contributed by atoms with van der Waals surface area (Å²) in [4.78, 5) is 26.9. The molecule has 29 heavy (non-hydrogen) atoms. The van der Waals surface area contributed by atoms with Crippen molar-refractivity contribution in [1.82, 2.24) is 14.9 Å². The van der Waals surface area contributed by atoms with E-state index in [-0.39, 0.29) is 18.6 Å². The van der Waals surface area contributed by atoms with Crippen LogP contribution < -0.4 is 5.32 Å². The molecule has 1 fully saturated rings. The molecular weight excluding hydrogens is 404 g/mol. The monoisotopic (exact) mass is 430 g/mol. The molecule has 0 aromatic carbocycles. The molecule has 8 heteroatoms. The van der Waals surface area contributed by atoms with Gasteiger partial charge in [-0.05, 0) is 49.1 Å². The van der Waals surface area contributed by atoms with Crippen molar-refractivity contribution < 1.29 is 9.90 Å². The number of aliphatic hydroxyl groups excluding tert-OH is 1. The summed E-state index contributed by atoms with van der Waals surface area (Å²) in [6.45, 7) is 5.75. The first kappa shape index (κ1) is 20.3. The van der Waals surface area contributed by atoms with Crippen LogP contribution in [0.2, 0.25) is 0 Å². The molecular formula is C21H26N4O2S2. The average molecular weight is 431 g/mol. The van der Waals surface area contributed by atoms with E-state index in [4.69, 9.17) is 0 Å². The van der Waals surface area contributed by atoms with E-state index in [9.17, 15) is 9.90 Å². The summed E-state index contributed by atoms with van der Waals surface area (Å²) in [5.74, 6) is 1.17. The van der Waals surface area contributed by atoms with Gasteiger partial charge in [0.2, 0.25) is 0 Å². The Morgan fingerprint density at radius 2 is 2.17 bits per heavy atom. The predicted molar refractivity (Wildman–Crippen MR) is 119 cm³/mol. The molecule has 1 aliphatic rings. The lowest BCUT2D eigenvalue weighted by Crippen LogP contribution is -2.39. The van der Waals surface area contributed by atoms with Crippen LogP contribution in [-0.4, -0.2) is 45.6 Å². The first-order valence-electron chi connectivity index (χ1n) is 10.1. The van der Waals surface area contributed by atoms with Gasteiger partial charge in [0.25, 0.3) is 5.91 Å². The van der Waals surface area contributed by atoms with Gasteiger partial charge in [0.1, 0.15) is 17.0 Å². The number of carbonyl (C=O) groups is 1. The fourth-order valence-corrected chi connectivity index (χ4v) is 5.85. The Morgan fingerprint density at radius 1 is 1.38 bits per heavy atom. The highest BCUT2D eigenvalue weighted by Crippen LogP contribution is 2.36. The number of nitrogens with one attached hydrogen (secondary N) is 1. The lowest BCUT2D eigenvalue weighted by Gasteiger charge is -2.31. The number of hydrogen-bond acceptors (Lipinski definition) is 7. The largest absolute Gasteiger partial charge is 0.396 e. The topological polar surface area (TPSA) is 78.4 Å². The van der Waals surface area contributed by atoms with Gasteiger partial charge < -0.3 is 15.3 Å². The summed E-state index contributed by atoms with van der Waals surface area (Å²) in [5, 5.41) is 15.9. The number of piperidine rings is 1. The maximum Gasteiger partial charge on any atom is 0.264 e. The summed E-state index contributed by atoms with van der Waals surface area (Å²) in [7, 11) is 0. The molecule has 1 atom stereocenters. The molecule has 4 heterocycles. The molecule has 4 rings (SSSR count). The Balaban J connectivity index is 1.62. The van der Waals surface area contributed by atoms with E-state index in [1.165, 1.54) is 16.2 Å². The Bertz CT molecular complexity index is 978. The van der Waals surface area contributed by atoms with Crippen LogP contribution in [0.15, 0.2) is 23.8 Å². The summed E-state index contributed by atoms with van der Waals surface area (Å²) in [6, 6.07) is 4.38. The third-order valence-electron chi connectivity index (χ3n) is 5.69. The van der Waals surface area contributed by atoms with Gasteiger partial charge in [-0.2, -0.15) is 0 Å². The van der Waals surface area contributed by atoms with Gasteiger partial charge in [-0.25, -0.2) is 9.97 Å². The fourth-order valence-electron chi connectivity index (χ4n) is 3.88. The van der Waals surface area contributed by atoms with Crippen LogP contribution in [0.5, 0.6) is 0 Å². The molecule has 1 aliphatic heterocycles. The zero-order valence-electron chi connectivity index (χ0n) is 16.7. The van der Waals surface area contributed by atoms with E-state index in [0.717, 1.165) is 45.7 Å². The van der Waals surface area contributed by atoms with Gasteiger partial charge in [-0.1, -0.05) is 13.0 Å². The minimum atomic E-state index is 0.0677. The van der Waals surface area contributed by atoms with Crippen molar-refractivity contribution >= 4 is 44.6 Å². The number of rotatable bonds is 6. The fraction of sp³-hybridized carbons (Fsp3) is 0.476. The molecule has 1 amide bonds. The van der Waals surface area contributed by atoms with E-state index in [2.05, 4.69) is 39.7 Å². The number of likely N-dealkylation sites (tertiary alicyclic amines) is 1. The van der Waals surface area contributed by atoms with Gasteiger partial charge in [0, 0.05) is 24.6 Å². The van der Waals surface area contributed by atoms with Crippen molar-refractivity contribution in [1.29, 1.82) is 0 Å². The maximum absolute atomic E-state index is 13.2. The zero-order valence-corrected chi connectivity index (χ0v) is 18.4. The number of fused-ring (bicyclic) bond motifs is 1. The van der Waals surface area contributed by atoms with Gasteiger partial charge in [0.05, 0.1) is 16.3 Å². The van der Waals surface area contributed by atoms with Crippen molar-refractivity contribution in [2.75, 3.05) is 25.0 Å². The average Bonchev–Trinajstić information content (AvgIpc) is 3.40. The quantitative estimate of drug-likeness (QED) is 0.603. The first-order valence-corrected chi connectivity index (χ1v) is 11.8. The third-order valence-corrected chi connectivity index (χ3v) is 7.86. The smallest absolute Gasteiger partial charge is 0.264 e. The number of nitrogens with zero attached hydrogens (tertiary/aromatic N) is 3. The Morgan fingerprint density at radius 3 is 2.83 bits per heavy atom. The van der Waals surface area contributed by atoms with E-state index >= 15 is 0 Å². The van der Waals surface area contributed by atoms with Crippen molar-refractivity contribution in [3.63, 3.8) is 0 Å². The standard InChI is InChI=1S/C21H26N4O2S2/c1-3-15(16-5-4-10-28-16)24-19-17-13(2)18(29-20(17)23-12-22-19)21(27)25-8-6-14(11-26)7-9-25/h4-5,10,12,14-15,26H,3,6-9,11H2,1-2H3,(H,22,23,24). The first-order chi connectivity index (χ1) is 14.1. The lowest BCUT2D eigenvalue weighted by atomic mass is 9.97. The SMILES string of the molecule is CCC(Nc1ncnc2sc(C(=O)N3CCC(CO)CC3)c(C)c12)c1cccs1. The summed E-state index contributed by atoms with van der Waals surface area (Å²) in [6.07, 6.45) is 4.24. The number of thiophene rings is 2. The molecule has 2 N–H and O–H groups in total. The third kappa shape index (κ3) is 4.01. The van der Waals surface area contributed by atoms with E-state index in [1.807, 2.05) is 11.8 Å². The molecule has 154 valence electrons. The van der Waals surface area contributed by atoms with Gasteiger partial charge in [0.15, 0.2) is 0 Å². The highest BCUT2D eigenvalue weighted by Gasteiger charge is 2.27. The van der Waals surface area contributed by atoms with Crippen LogP contribution in [0.25, 0.3) is 10.2 Å². The molecule has 0 saturated carbocycles. The van der Waals surface area contributed by atoms with Crippen molar-refractivity contribution in [2.24, 2.45) is 5.92 Å². The highest BCUT2D eigenvalue weighted by atomic mass is 32.1. The molecule has 0 spiro atoms. The number of carbonyl (C=O) groups excluding carboxylic acids is 1. The van der Waals surface area contributed by atoms with Crippen LogP contribution in [0, 0.1) is 12.8 Å². The molecule has 0 aliphatic carbocycles. The summed E-state index contributed by atoms with van der Waals surface area (Å²) < 4.78 is 0. The minimum absolute atomic E-state index is 0.0677. The second-order valence-corrected chi connectivity index (χ2v) is 9.48. The molecule has 1 saturated heterocycles. The van der Waals surface area contributed by atoms with E-state index in [0.29, 0.717) is 19.0 Å². The van der Waals surface area contributed by atoms with Crippen LogP contribution >= 0.6 is 22.7 Å². The molecule has 6 nitrogen and oxygen atoms in total. The Hall–Kier alpha value is -2.03. The molecule has 0 radical (unpaired) electrons. The van der Waals surface area contributed by atoms with Gasteiger partial charge in [-0.3, -0.25) is 4.79 Å². The molecule has 3 aromatic rings.